The summed E-state index contributed by atoms with van der Waals surface area (Å²) in [5.74, 6) is -0.0473. The van der Waals surface area contributed by atoms with Crippen molar-refractivity contribution in [3.05, 3.63) is 70.0 Å². The van der Waals surface area contributed by atoms with Gasteiger partial charge in [0.15, 0.2) is 0 Å². The molecule has 0 unspecified atom stereocenters. The standard InChI is InChI=1S/C24H31ClFN3O/c1-17-12-18(8-9-23(17)26)20-13-21(24(30)27-10-11-28(2)3)16-29(15-20)14-19-6-4-5-7-22(19)25/h4-9,12,20-21H,10-11,13-16H2,1-3H3,(H,27,30)/t20-,21-/m0/s1. The fraction of sp³-hybridized carbons (Fsp3) is 0.458. The summed E-state index contributed by atoms with van der Waals surface area (Å²) in [4.78, 5) is 17.2. The minimum absolute atomic E-state index is 0.0875. The quantitative estimate of drug-likeness (QED) is 0.717. The van der Waals surface area contributed by atoms with Crippen LogP contribution in [0.5, 0.6) is 0 Å². The molecule has 4 nitrogen and oxygen atoms in total. The first-order valence-electron chi connectivity index (χ1n) is 10.5. The highest BCUT2D eigenvalue weighted by molar-refractivity contribution is 6.31. The number of benzene rings is 2. The van der Waals surface area contributed by atoms with Crippen LogP contribution >= 0.6 is 11.6 Å². The molecule has 30 heavy (non-hydrogen) atoms. The van der Waals surface area contributed by atoms with Gasteiger partial charge < -0.3 is 10.2 Å². The molecule has 0 aromatic heterocycles. The van der Waals surface area contributed by atoms with Gasteiger partial charge in [-0.25, -0.2) is 4.39 Å². The van der Waals surface area contributed by atoms with Crippen molar-refractivity contribution < 1.29 is 9.18 Å². The molecule has 6 heteroatoms. The second-order valence-electron chi connectivity index (χ2n) is 8.52. The Balaban J connectivity index is 1.77. The number of nitrogens with one attached hydrogen (secondary N) is 1. The third kappa shape index (κ3) is 6.03. The van der Waals surface area contributed by atoms with Crippen molar-refractivity contribution in [2.45, 2.75) is 25.8 Å². The van der Waals surface area contributed by atoms with Gasteiger partial charge in [-0.1, -0.05) is 41.9 Å². The molecule has 1 amide bonds. The maximum absolute atomic E-state index is 13.8. The number of rotatable bonds is 7. The van der Waals surface area contributed by atoms with Gasteiger partial charge in [-0.3, -0.25) is 9.69 Å². The highest BCUT2D eigenvalue weighted by Crippen LogP contribution is 2.32. The van der Waals surface area contributed by atoms with Crippen molar-refractivity contribution in [2.75, 3.05) is 40.3 Å². The van der Waals surface area contributed by atoms with Crippen LogP contribution in [0.4, 0.5) is 4.39 Å². The molecule has 1 fully saturated rings. The number of carbonyl (C=O) groups is 1. The molecule has 1 saturated heterocycles. The van der Waals surface area contributed by atoms with Crippen LogP contribution in [0.3, 0.4) is 0 Å². The zero-order chi connectivity index (χ0) is 21.7. The van der Waals surface area contributed by atoms with Crippen molar-refractivity contribution in [3.8, 4) is 0 Å². The zero-order valence-corrected chi connectivity index (χ0v) is 18.8. The van der Waals surface area contributed by atoms with Gasteiger partial charge in [0.05, 0.1) is 5.92 Å². The predicted molar refractivity (Wildman–Crippen MR) is 120 cm³/mol. The van der Waals surface area contributed by atoms with E-state index in [0.717, 1.165) is 35.7 Å². The van der Waals surface area contributed by atoms with Gasteiger partial charge in [-0.2, -0.15) is 0 Å². The van der Waals surface area contributed by atoms with Crippen molar-refractivity contribution in [1.82, 2.24) is 15.1 Å². The Morgan fingerprint density at radius 1 is 1.23 bits per heavy atom. The molecule has 1 heterocycles. The molecule has 1 aliphatic heterocycles. The van der Waals surface area contributed by atoms with E-state index in [4.69, 9.17) is 11.6 Å². The van der Waals surface area contributed by atoms with Crippen molar-refractivity contribution >= 4 is 17.5 Å². The van der Waals surface area contributed by atoms with Gasteiger partial charge in [0.25, 0.3) is 0 Å². The van der Waals surface area contributed by atoms with Gasteiger partial charge in [0, 0.05) is 37.7 Å². The Bertz CT molecular complexity index is 873. The molecule has 0 aliphatic carbocycles. The average molecular weight is 432 g/mol. The summed E-state index contributed by atoms with van der Waals surface area (Å²) in [5, 5.41) is 3.82. The first-order valence-corrected chi connectivity index (χ1v) is 10.9. The number of hydrogen-bond donors (Lipinski definition) is 1. The van der Waals surface area contributed by atoms with Crippen molar-refractivity contribution in [3.63, 3.8) is 0 Å². The predicted octanol–water partition coefficient (Wildman–Crippen LogP) is 4.07. The Morgan fingerprint density at radius 2 is 2.00 bits per heavy atom. The summed E-state index contributed by atoms with van der Waals surface area (Å²) in [6, 6.07) is 13.1. The number of piperidine rings is 1. The first kappa shape index (κ1) is 22.7. The van der Waals surface area contributed by atoms with E-state index in [1.807, 2.05) is 50.5 Å². The van der Waals surface area contributed by atoms with E-state index in [1.165, 1.54) is 6.07 Å². The number of aryl methyl sites for hydroxylation is 1. The molecule has 1 N–H and O–H groups in total. The molecule has 2 aromatic carbocycles. The smallest absolute Gasteiger partial charge is 0.224 e. The van der Waals surface area contributed by atoms with E-state index >= 15 is 0 Å². The number of amides is 1. The van der Waals surface area contributed by atoms with E-state index in [1.54, 1.807) is 6.92 Å². The normalized spacial score (nSPS) is 19.8. The number of likely N-dealkylation sites (N-methyl/N-ethyl adjacent to an activating group) is 1. The number of halogens is 2. The third-order valence-corrected chi connectivity index (χ3v) is 6.13. The molecular weight excluding hydrogens is 401 g/mol. The Kier molecular flexibility index (Phi) is 7.87. The van der Waals surface area contributed by atoms with E-state index < -0.39 is 0 Å². The van der Waals surface area contributed by atoms with Crippen LogP contribution in [0, 0.1) is 18.7 Å². The summed E-state index contributed by atoms with van der Waals surface area (Å²) >= 11 is 6.38. The topological polar surface area (TPSA) is 35.6 Å². The summed E-state index contributed by atoms with van der Waals surface area (Å²) < 4.78 is 13.8. The second kappa shape index (κ2) is 10.4. The Morgan fingerprint density at radius 3 is 2.70 bits per heavy atom. The van der Waals surface area contributed by atoms with Crippen LogP contribution in [0.15, 0.2) is 42.5 Å². The zero-order valence-electron chi connectivity index (χ0n) is 18.0. The highest BCUT2D eigenvalue weighted by atomic mass is 35.5. The lowest BCUT2D eigenvalue weighted by molar-refractivity contribution is -0.127. The van der Waals surface area contributed by atoms with Gasteiger partial charge >= 0.3 is 0 Å². The van der Waals surface area contributed by atoms with Gasteiger partial charge in [-0.05, 0) is 62.2 Å². The molecule has 0 radical (unpaired) electrons. The molecule has 1 aliphatic rings. The van der Waals surface area contributed by atoms with Crippen LogP contribution in [0.1, 0.15) is 29.0 Å². The lowest BCUT2D eigenvalue weighted by Crippen LogP contribution is -2.46. The van der Waals surface area contributed by atoms with Crippen LogP contribution in [0.25, 0.3) is 0 Å². The van der Waals surface area contributed by atoms with E-state index in [2.05, 4.69) is 15.1 Å². The molecule has 2 aromatic rings. The van der Waals surface area contributed by atoms with Gasteiger partial charge in [-0.15, -0.1) is 0 Å². The van der Waals surface area contributed by atoms with Crippen molar-refractivity contribution in [2.24, 2.45) is 5.92 Å². The number of hydrogen-bond acceptors (Lipinski definition) is 3. The van der Waals surface area contributed by atoms with Crippen molar-refractivity contribution in [1.29, 1.82) is 0 Å². The fourth-order valence-corrected chi connectivity index (χ4v) is 4.28. The SMILES string of the molecule is Cc1cc([C@H]2C[C@H](C(=O)NCCN(C)C)CN(Cc3ccccc3Cl)C2)ccc1F. The molecule has 3 rings (SSSR count). The average Bonchev–Trinajstić information content (AvgIpc) is 2.71. The Hall–Kier alpha value is -1.95. The molecule has 0 saturated carbocycles. The Labute approximate surface area is 184 Å². The van der Waals surface area contributed by atoms with Crippen LogP contribution in [-0.4, -0.2) is 56.0 Å². The first-order chi connectivity index (χ1) is 14.3. The minimum Gasteiger partial charge on any atom is -0.355 e. The lowest BCUT2D eigenvalue weighted by atomic mass is 9.83. The van der Waals surface area contributed by atoms with Crippen LogP contribution in [-0.2, 0) is 11.3 Å². The van der Waals surface area contributed by atoms with E-state index in [-0.39, 0.29) is 23.6 Å². The van der Waals surface area contributed by atoms with E-state index in [9.17, 15) is 9.18 Å². The molecular formula is C24H31ClFN3O. The van der Waals surface area contributed by atoms with Gasteiger partial charge in [0.1, 0.15) is 5.82 Å². The van der Waals surface area contributed by atoms with Crippen LogP contribution in [0.2, 0.25) is 5.02 Å². The summed E-state index contributed by atoms with van der Waals surface area (Å²) in [5.41, 5.74) is 2.79. The largest absolute Gasteiger partial charge is 0.355 e. The molecule has 162 valence electrons. The molecule has 0 spiro atoms. The van der Waals surface area contributed by atoms with E-state index in [0.29, 0.717) is 25.2 Å². The lowest BCUT2D eigenvalue weighted by Gasteiger charge is -2.37. The minimum atomic E-state index is -0.194. The number of carbonyl (C=O) groups excluding carboxylic acids is 1. The number of likely N-dealkylation sites (tertiary alicyclic amines) is 1. The second-order valence-corrected chi connectivity index (χ2v) is 8.93. The molecule has 0 bridgehead atoms. The monoisotopic (exact) mass is 431 g/mol. The van der Waals surface area contributed by atoms with Crippen LogP contribution < -0.4 is 5.32 Å². The third-order valence-electron chi connectivity index (χ3n) is 5.76. The maximum atomic E-state index is 13.8. The fourth-order valence-electron chi connectivity index (χ4n) is 4.09. The summed E-state index contributed by atoms with van der Waals surface area (Å²) in [6.07, 6.45) is 0.762. The summed E-state index contributed by atoms with van der Waals surface area (Å²) in [6.45, 7) is 5.43. The number of nitrogens with zero attached hydrogens (tertiary/aromatic N) is 2. The molecule has 2 atom stereocenters. The highest BCUT2D eigenvalue weighted by Gasteiger charge is 2.32. The summed E-state index contributed by atoms with van der Waals surface area (Å²) in [7, 11) is 3.98. The maximum Gasteiger partial charge on any atom is 0.224 e. The van der Waals surface area contributed by atoms with Gasteiger partial charge in [0.2, 0.25) is 5.91 Å².